The van der Waals surface area contributed by atoms with Gasteiger partial charge in [-0.15, -0.1) is 6.42 Å². The van der Waals surface area contributed by atoms with E-state index in [4.69, 9.17) is 15.9 Å². The Morgan fingerprint density at radius 1 is 1.29 bits per heavy atom. The molecule has 0 heterocycles. The molecule has 2 nitrogen and oxygen atoms in total. The smallest absolute Gasteiger partial charge is 0.118 e. The number of allylic oxidation sites excluding steroid dienone is 2. The van der Waals surface area contributed by atoms with Crippen LogP contribution in [0.1, 0.15) is 18.4 Å². The van der Waals surface area contributed by atoms with Gasteiger partial charge in [-0.2, -0.15) is 0 Å². The Bertz CT molecular complexity index is 371. The van der Waals surface area contributed by atoms with E-state index in [1.54, 1.807) is 13.2 Å². The van der Waals surface area contributed by atoms with Gasteiger partial charge in [-0.1, -0.05) is 24.1 Å². The highest BCUT2D eigenvalue weighted by Crippen LogP contribution is 2.11. The van der Waals surface area contributed by atoms with Crippen LogP contribution in [0, 0.1) is 12.3 Å². The Hall–Kier alpha value is -1.72. The summed E-state index contributed by atoms with van der Waals surface area (Å²) in [6.45, 7) is 1.39. The first-order chi connectivity index (χ1) is 8.36. The molecule has 0 spiro atoms. The molecular formula is C15H18O2. The maximum absolute atomic E-state index is 5.55. The second kappa shape index (κ2) is 8.43. The molecule has 1 rings (SSSR count). The first kappa shape index (κ1) is 13.3. The van der Waals surface area contributed by atoms with Gasteiger partial charge in [-0.05, 0) is 36.6 Å². The van der Waals surface area contributed by atoms with Crippen LogP contribution in [0.3, 0.4) is 0 Å². The van der Waals surface area contributed by atoms with E-state index in [0.717, 1.165) is 30.8 Å². The molecule has 0 bridgehead atoms. The van der Waals surface area contributed by atoms with Crippen LogP contribution in [0.4, 0.5) is 0 Å². The van der Waals surface area contributed by atoms with E-state index in [2.05, 4.69) is 5.92 Å². The number of methoxy groups -OCH3 is 1. The summed E-state index contributed by atoms with van der Waals surface area (Å²) >= 11 is 0. The minimum absolute atomic E-state index is 0.642. The van der Waals surface area contributed by atoms with E-state index < -0.39 is 0 Å². The lowest BCUT2D eigenvalue weighted by atomic mass is 10.2. The van der Waals surface area contributed by atoms with Crippen molar-refractivity contribution in [3.63, 3.8) is 0 Å². The minimum Gasteiger partial charge on any atom is -0.497 e. The number of hydrogen-bond acceptors (Lipinski definition) is 2. The second-order valence-corrected chi connectivity index (χ2v) is 3.61. The number of hydrogen-bond donors (Lipinski definition) is 0. The lowest BCUT2D eigenvalue weighted by Crippen LogP contribution is -1.95. The fourth-order valence-electron chi connectivity index (χ4n) is 1.37. The summed E-state index contributed by atoms with van der Waals surface area (Å²) in [5.74, 6) is 3.33. The third-order valence-electron chi connectivity index (χ3n) is 2.30. The van der Waals surface area contributed by atoms with Crippen molar-refractivity contribution < 1.29 is 9.47 Å². The maximum Gasteiger partial charge on any atom is 0.118 e. The summed E-state index contributed by atoms with van der Waals surface area (Å²) in [7, 11) is 1.66. The molecule has 0 aromatic heterocycles. The van der Waals surface area contributed by atoms with E-state index in [-0.39, 0.29) is 0 Å². The van der Waals surface area contributed by atoms with Gasteiger partial charge in [0.25, 0.3) is 0 Å². The number of terminal acetylenes is 1. The van der Waals surface area contributed by atoms with Crippen LogP contribution in [0.25, 0.3) is 0 Å². The van der Waals surface area contributed by atoms with Crippen LogP contribution >= 0.6 is 0 Å². The maximum atomic E-state index is 5.55. The van der Waals surface area contributed by atoms with Gasteiger partial charge in [0.1, 0.15) is 5.75 Å². The topological polar surface area (TPSA) is 18.5 Å². The average Bonchev–Trinajstić information content (AvgIpc) is 2.38. The van der Waals surface area contributed by atoms with Gasteiger partial charge in [-0.3, -0.25) is 0 Å². The fourth-order valence-corrected chi connectivity index (χ4v) is 1.37. The van der Waals surface area contributed by atoms with Gasteiger partial charge in [0, 0.05) is 6.61 Å². The minimum atomic E-state index is 0.642. The molecule has 0 unspecified atom stereocenters. The summed E-state index contributed by atoms with van der Waals surface area (Å²) in [5.41, 5.74) is 1.16. The zero-order valence-corrected chi connectivity index (χ0v) is 10.2. The molecule has 1 aromatic rings. The summed E-state index contributed by atoms with van der Waals surface area (Å²) in [5, 5.41) is 0. The van der Waals surface area contributed by atoms with Crippen molar-refractivity contribution in [1.29, 1.82) is 0 Å². The zero-order chi connectivity index (χ0) is 12.3. The van der Waals surface area contributed by atoms with Crippen molar-refractivity contribution in [2.24, 2.45) is 0 Å². The van der Waals surface area contributed by atoms with Crippen molar-refractivity contribution in [2.75, 3.05) is 13.7 Å². The zero-order valence-electron chi connectivity index (χ0n) is 10.2. The lowest BCUT2D eigenvalue weighted by Gasteiger charge is -2.04. The van der Waals surface area contributed by atoms with E-state index in [1.807, 2.05) is 30.3 Å². The third-order valence-corrected chi connectivity index (χ3v) is 2.30. The molecule has 0 aliphatic heterocycles. The highest BCUT2D eigenvalue weighted by Gasteiger charge is 1.94. The van der Waals surface area contributed by atoms with Gasteiger partial charge in [-0.25, -0.2) is 0 Å². The summed E-state index contributed by atoms with van der Waals surface area (Å²) in [4.78, 5) is 0. The number of ether oxygens (including phenoxy) is 2. The van der Waals surface area contributed by atoms with Crippen LogP contribution in [0.2, 0.25) is 0 Å². The first-order valence-electron chi connectivity index (χ1n) is 5.68. The molecule has 0 aliphatic carbocycles. The molecule has 17 heavy (non-hydrogen) atoms. The predicted molar refractivity (Wildman–Crippen MR) is 69.9 cm³/mol. The standard InChI is InChI=1S/C15H18O2/c1-3-4-5-6-7-12-17-13-14-8-10-15(16-2)11-9-14/h1,4-5,8-11H,6-7,12-13H2,2H3/b5-4+. The number of rotatable bonds is 7. The molecule has 0 fully saturated rings. The lowest BCUT2D eigenvalue weighted by molar-refractivity contribution is 0.119. The average molecular weight is 230 g/mol. The van der Waals surface area contributed by atoms with E-state index in [1.165, 1.54) is 0 Å². The molecule has 0 amide bonds. The Morgan fingerprint density at radius 3 is 2.71 bits per heavy atom. The van der Waals surface area contributed by atoms with Gasteiger partial charge < -0.3 is 9.47 Å². The summed E-state index contributed by atoms with van der Waals surface area (Å²) < 4.78 is 10.6. The summed E-state index contributed by atoms with van der Waals surface area (Å²) in [6.07, 6.45) is 10.8. The SMILES string of the molecule is C#C/C=C/CCCOCc1ccc(OC)cc1. The molecule has 0 aliphatic rings. The third kappa shape index (κ3) is 5.79. The van der Waals surface area contributed by atoms with Crippen LogP contribution in [-0.4, -0.2) is 13.7 Å². The Kier molecular flexibility index (Phi) is 6.62. The quantitative estimate of drug-likeness (QED) is 0.529. The molecule has 0 saturated heterocycles. The number of unbranched alkanes of at least 4 members (excludes halogenated alkanes) is 1. The molecule has 0 saturated carbocycles. The Labute approximate surface area is 103 Å². The van der Waals surface area contributed by atoms with Crippen LogP contribution in [0.5, 0.6) is 5.75 Å². The van der Waals surface area contributed by atoms with Crippen LogP contribution < -0.4 is 4.74 Å². The van der Waals surface area contributed by atoms with E-state index in [0.29, 0.717) is 6.61 Å². The Balaban J connectivity index is 2.14. The van der Waals surface area contributed by atoms with Gasteiger partial charge in [0.2, 0.25) is 0 Å². The van der Waals surface area contributed by atoms with Gasteiger partial charge in [0.15, 0.2) is 0 Å². The van der Waals surface area contributed by atoms with Crippen molar-refractivity contribution in [1.82, 2.24) is 0 Å². The Morgan fingerprint density at radius 2 is 2.06 bits per heavy atom. The molecular weight excluding hydrogens is 212 g/mol. The normalized spacial score (nSPS) is 10.4. The van der Waals surface area contributed by atoms with E-state index in [9.17, 15) is 0 Å². The molecule has 90 valence electrons. The van der Waals surface area contributed by atoms with Gasteiger partial charge >= 0.3 is 0 Å². The van der Waals surface area contributed by atoms with Crippen molar-refractivity contribution in [3.8, 4) is 18.1 Å². The molecule has 0 N–H and O–H groups in total. The largest absolute Gasteiger partial charge is 0.497 e. The van der Waals surface area contributed by atoms with E-state index >= 15 is 0 Å². The molecule has 2 heteroatoms. The summed E-state index contributed by atoms with van der Waals surface area (Å²) in [6, 6.07) is 7.90. The first-order valence-corrected chi connectivity index (χ1v) is 5.68. The highest BCUT2D eigenvalue weighted by molar-refractivity contribution is 5.26. The van der Waals surface area contributed by atoms with Crippen LogP contribution in [0.15, 0.2) is 36.4 Å². The fraction of sp³-hybridized carbons (Fsp3) is 0.333. The van der Waals surface area contributed by atoms with Crippen LogP contribution in [-0.2, 0) is 11.3 Å². The monoisotopic (exact) mass is 230 g/mol. The molecule has 0 radical (unpaired) electrons. The van der Waals surface area contributed by atoms with Crippen molar-refractivity contribution in [3.05, 3.63) is 42.0 Å². The van der Waals surface area contributed by atoms with Crippen molar-refractivity contribution >= 4 is 0 Å². The number of benzene rings is 1. The predicted octanol–water partition coefficient (Wildman–Crippen LogP) is 3.18. The highest BCUT2D eigenvalue weighted by atomic mass is 16.5. The molecule has 1 aromatic carbocycles. The molecule has 0 atom stereocenters. The van der Waals surface area contributed by atoms with Gasteiger partial charge in [0.05, 0.1) is 13.7 Å². The van der Waals surface area contributed by atoms with Crippen molar-refractivity contribution in [2.45, 2.75) is 19.4 Å². The second-order valence-electron chi connectivity index (χ2n) is 3.61.